The molecule has 0 aliphatic heterocycles. The van der Waals surface area contributed by atoms with Crippen molar-refractivity contribution in [2.75, 3.05) is 24.4 Å². The monoisotopic (exact) mass is 567 g/mol. The van der Waals surface area contributed by atoms with Gasteiger partial charge in [-0.15, -0.1) is 6.42 Å². The molecule has 2 unspecified atom stereocenters. The molecule has 0 spiro atoms. The van der Waals surface area contributed by atoms with Gasteiger partial charge in [0.1, 0.15) is 23.4 Å². The molecular formula is C31H41N3O5S. The van der Waals surface area contributed by atoms with Crippen molar-refractivity contribution in [3.8, 4) is 18.1 Å². The zero-order valence-corrected chi connectivity index (χ0v) is 25.5. The second-order valence-corrected chi connectivity index (χ2v) is 12.2. The predicted molar refractivity (Wildman–Crippen MR) is 161 cm³/mol. The first-order valence-corrected chi connectivity index (χ1v) is 14.4. The summed E-state index contributed by atoms with van der Waals surface area (Å²) < 4.78 is 10.7. The van der Waals surface area contributed by atoms with Gasteiger partial charge in [-0.3, -0.25) is 9.59 Å². The maximum atomic E-state index is 14.4. The fourth-order valence-electron chi connectivity index (χ4n) is 4.11. The average Bonchev–Trinajstić information content (AvgIpc) is 2.87. The number of nitrogens with zero attached hydrogens (tertiary/aromatic N) is 1. The summed E-state index contributed by atoms with van der Waals surface area (Å²) in [5, 5.41) is 5.68. The second-order valence-electron chi connectivity index (χ2n) is 11.2. The molecule has 216 valence electrons. The first-order chi connectivity index (χ1) is 18.7. The van der Waals surface area contributed by atoms with Crippen LogP contribution in [0.2, 0.25) is 0 Å². The zero-order chi connectivity index (χ0) is 30.1. The van der Waals surface area contributed by atoms with E-state index >= 15 is 0 Å². The van der Waals surface area contributed by atoms with Crippen LogP contribution < -0.4 is 15.4 Å². The van der Waals surface area contributed by atoms with E-state index in [0.29, 0.717) is 34.7 Å². The third kappa shape index (κ3) is 9.23. The topological polar surface area (TPSA) is 97.0 Å². The highest BCUT2D eigenvalue weighted by Gasteiger charge is 2.42. The lowest BCUT2D eigenvalue weighted by atomic mass is 9.92. The quantitative estimate of drug-likeness (QED) is 0.361. The Balaban J connectivity index is 2.62. The number of carbonyl (C=O) groups excluding carboxylic acids is 3. The van der Waals surface area contributed by atoms with E-state index in [-0.39, 0.29) is 0 Å². The molecule has 9 heteroatoms. The Kier molecular flexibility index (Phi) is 11.5. The molecule has 0 aliphatic rings. The number of rotatable bonds is 10. The van der Waals surface area contributed by atoms with E-state index in [4.69, 9.17) is 15.9 Å². The second kappa shape index (κ2) is 14.1. The van der Waals surface area contributed by atoms with Crippen LogP contribution in [0.1, 0.15) is 65.1 Å². The molecule has 2 N–H and O–H groups in total. The van der Waals surface area contributed by atoms with E-state index in [1.807, 2.05) is 27.0 Å². The van der Waals surface area contributed by atoms with Crippen LogP contribution in [0.4, 0.5) is 10.5 Å². The van der Waals surface area contributed by atoms with Crippen molar-refractivity contribution in [1.29, 1.82) is 0 Å². The first kappa shape index (κ1) is 32.6. The normalized spacial score (nSPS) is 12.9. The van der Waals surface area contributed by atoms with Crippen molar-refractivity contribution < 1.29 is 23.9 Å². The van der Waals surface area contributed by atoms with E-state index in [1.54, 1.807) is 88.2 Å². The number of carbonyl (C=O) groups is 3. The summed E-state index contributed by atoms with van der Waals surface area (Å²) in [6.45, 7) is 10.8. The smallest absolute Gasteiger partial charge is 0.408 e. The molecule has 8 nitrogen and oxygen atoms in total. The van der Waals surface area contributed by atoms with Gasteiger partial charge in [0.05, 0.1) is 7.11 Å². The Morgan fingerprint density at radius 1 is 1.02 bits per heavy atom. The van der Waals surface area contributed by atoms with Crippen molar-refractivity contribution in [2.24, 2.45) is 0 Å². The minimum atomic E-state index is -1.10. The zero-order valence-electron chi connectivity index (χ0n) is 24.7. The molecule has 0 aromatic heterocycles. The molecular weight excluding hydrogens is 526 g/mol. The van der Waals surface area contributed by atoms with Gasteiger partial charge in [0.2, 0.25) is 5.91 Å². The number of methoxy groups -OCH3 is 1. The van der Waals surface area contributed by atoms with Gasteiger partial charge in [-0.1, -0.05) is 24.1 Å². The number of anilines is 1. The third-order valence-corrected chi connectivity index (χ3v) is 6.48. The van der Waals surface area contributed by atoms with Crippen molar-refractivity contribution >= 4 is 35.4 Å². The van der Waals surface area contributed by atoms with Crippen molar-refractivity contribution in [3.63, 3.8) is 0 Å². The molecule has 0 radical (unpaired) electrons. The minimum Gasteiger partial charge on any atom is -0.497 e. The van der Waals surface area contributed by atoms with E-state index in [2.05, 4.69) is 16.6 Å². The largest absolute Gasteiger partial charge is 0.497 e. The Hall–Kier alpha value is -3.64. The number of ether oxygens (including phenoxy) is 2. The van der Waals surface area contributed by atoms with Gasteiger partial charge in [0.15, 0.2) is 0 Å². The molecule has 0 saturated carbocycles. The van der Waals surface area contributed by atoms with Crippen molar-refractivity contribution in [3.05, 3.63) is 59.7 Å². The molecule has 2 atom stereocenters. The minimum absolute atomic E-state index is 0.343. The van der Waals surface area contributed by atoms with E-state index in [9.17, 15) is 14.4 Å². The highest BCUT2D eigenvalue weighted by atomic mass is 32.2. The van der Waals surface area contributed by atoms with Crippen LogP contribution in [0.25, 0.3) is 0 Å². The van der Waals surface area contributed by atoms with Crippen LogP contribution in [0.15, 0.2) is 48.5 Å². The number of amides is 3. The van der Waals surface area contributed by atoms with Crippen LogP contribution in [0, 0.1) is 12.3 Å². The summed E-state index contributed by atoms with van der Waals surface area (Å²) in [4.78, 5) is 42.7. The molecule has 0 aliphatic carbocycles. The van der Waals surface area contributed by atoms with Crippen LogP contribution in [-0.4, -0.2) is 59.1 Å². The molecule has 2 aromatic carbocycles. The standard InChI is InChI=1S/C31H41N3O5S/c1-10-21-13-11-12-14-24(21)26(27(35)32-22-15-17-23(38-8)18-16-22)34(30(2,3)4)28(36)25(19-20-40-9)33-29(37)39-31(5,6)7/h1,11-18,25-26H,19-20H2,2-9H3,(H,32,35)(H,33,37). The fraction of sp³-hybridized carbons (Fsp3) is 0.452. The van der Waals surface area contributed by atoms with Crippen molar-refractivity contribution in [1.82, 2.24) is 10.2 Å². The number of nitrogens with one attached hydrogen (secondary N) is 2. The summed E-state index contributed by atoms with van der Waals surface area (Å²) in [6, 6.07) is 11.9. The molecule has 2 rings (SSSR count). The Morgan fingerprint density at radius 2 is 1.65 bits per heavy atom. The van der Waals surface area contributed by atoms with Gasteiger partial charge in [-0.05, 0) is 95.9 Å². The number of terminal acetylenes is 1. The number of benzene rings is 2. The van der Waals surface area contributed by atoms with E-state index in [0.717, 1.165) is 0 Å². The number of hydrogen-bond acceptors (Lipinski definition) is 6. The van der Waals surface area contributed by atoms with Crippen LogP contribution >= 0.6 is 11.8 Å². The number of thioether (sulfide) groups is 1. The van der Waals surface area contributed by atoms with Gasteiger partial charge >= 0.3 is 6.09 Å². The lowest BCUT2D eigenvalue weighted by Gasteiger charge is -2.43. The van der Waals surface area contributed by atoms with Gasteiger partial charge < -0.3 is 25.0 Å². The fourth-order valence-corrected chi connectivity index (χ4v) is 4.58. The summed E-state index contributed by atoms with van der Waals surface area (Å²) in [6.07, 6.45) is 7.39. The summed E-state index contributed by atoms with van der Waals surface area (Å²) in [7, 11) is 1.56. The van der Waals surface area contributed by atoms with Crippen LogP contribution in [-0.2, 0) is 14.3 Å². The highest BCUT2D eigenvalue weighted by Crippen LogP contribution is 2.33. The summed E-state index contributed by atoms with van der Waals surface area (Å²) in [5.41, 5.74) is -0.0667. The SMILES string of the molecule is C#Cc1ccccc1C(C(=O)Nc1ccc(OC)cc1)N(C(=O)C(CCSC)NC(=O)OC(C)(C)C)C(C)(C)C. The van der Waals surface area contributed by atoms with Crippen molar-refractivity contribution in [2.45, 2.75) is 71.2 Å². The molecule has 0 fully saturated rings. The lowest BCUT2D eigenvalue weighted by Crippen LogP contribution is -2.58. The highest BCUT2D eigenvalue weighted by molar-refractivity contribution is 7.98. The summed E-state index contributed by atoms with van der Waals surface area (Å²) >= 11 is 1.55. The number of alkyl carbamates (subject to hydrolysis) is 1. The van der Waals surface area contributed by atoms with Crippen LogP contribution in [0.5, 0.6) is 5.75 Å². The number of hydrogen-bond donors (Lipinski definition) is 2. The maximum absolute atomic E-state index is 14.4. The van der Waals surface area contributed by atoms with Gasteiger partial charge in [0, 0.05) is 16.8 Å². The molecule has 0 heterocycles. The lowest BCUT2D eigenvalue weighted by molar-refractivity contribution is -0.146. The summed E-state index contributed by atoms with van der Waals surface area (Å²) in [5.74, 6) is 3.03. The average molecular weight is 568 g/mol. The molecule has 2 aromatic rings. The Bertz CT molecular complexity index is 1210. The van der Waals surface area contributed by atoms with Gasteiger partial charge in [0.25, 0.3) is 5.91 Å². The molecule has 0 bridgehead atoms. The van der Waals surface area contributed by atoms with Gasteiger partial charge in [-0.2, -0.15) is 11.8 Å². The maximum Gasteiger partial charge on any atom is 0.408 e. The first-order valence-electron chi connectivity index (χ1n) is 13.0. The molecule has 3 amide bonds. The van der Waals surface area contributed by atoms with E-state index in [1.165, 1.54) is 4.90 Å². The Labute approximate surface area is 242 Å². The van der Waals surface area contributed by atoms with Gasteiger partial charge in [-0.25, -0.2) is 4.79 Å². The van der Waals surface area contributed by atoms with E-state index < -0.39 is 41.1 Å². The molecule has 40 heavy (non-hydrogen) atoms. The predicted octanol–water partition coefficient (Wildman–Crippen LogP) is 5.63. The van der Waals surface area contributed by atoms with Crippen LogP contribution in [0.3, 0.4) is 0 Å². The third-order valence-electron chi connectivity index (χ3n) is 5.83. The molecule has 0 saturated heterocycles. The Morgan fingerprint density at radius 3 is 2.17 bits per heavy atom.